The van der Waals surface area contributed by atoms with Crippen molar-refractivity contribution in [3.63, 3.8) is 0 Å². The maximum Gasteiger partial charge on any atom is 0.243 e. The molecule has 3 rings (SSSR count). The molecule has 9 heteroatoms. The standard InChI is InChI=1S/C23H22ClFN2O4S/c1-16(28)26-19-8-10-20(11-9-19)32(29,30)27(15-18-5-3-4-6-21(18)24)14-17-7-12-23(31-2)22(25)13-17/h3-13H,14-15H2,1-2H3,(H,26,28). The van der Waals surface area contributed by atoms with Gasteiger partial charge in [-0.15, -0.1) is 0 Å². The molecule has 168 valence electrons. The summed E-state index contributed by atoms with van der Waals surface area (Å²) in [5.74, 6) is -0.773. The molecule has 0 atom stereocenters. The van der Waals surface area contributed by atoms with Gasteiger partial charge in [0, 0.05) is 30.7 Å². The number of halogens is 2. The van der Waals surface area contributed by atoms with E-state index in [1.807, 2.05) is 0 Å². The van der Waals surface area contributed by atoms with Crippen LogP contribution in [0.2, 0.25) is 5.02 Å². The highest BCUT2D eigenvalue weighted by atomic mass is 35.5. The van der Waals surface area contributed by atoms with Gasteiger partial charge in [0.25, 0.3) is 0 Å². The molecule has 6 nitrogen and oxygen atoms in total. The van der Waals surface area contributed by atoms with Crippen LogP contribution in [0, 0.1) is 5.82 Å². The van der Waals surface area contributed by atoms with Gasteiger partial charge in [-0.1, -0.05) is 35.9 Å². The maximum atomic E-state index is 14.2. The average molecular weight is 477 g/mol. The molecule has 0 saturated carbocycles. The number of amides is 1. The van der Waals surface area contributed by atoms with Crippen LogP contribution in [0.15, 0.2) is 71.6 Å². The first-order chi connectivity index (χ1) is 15.2. The summed E-state index contributed by atoms with van der Waals surface area (Å²) in [6, 6.07) is 17.1. The smallest absolute Gasteiger partial charge is 0.243 e. The molecule has 32 heavy (non-hydrogen) atoms. The molecule has 0 fully saturated rings. The van der Waals surface area contributed by atoms with E-state index in [2.05, 4.69) is 5.32 Å². The Morgan fingerprint density at radius 1 is 1.06 bits per heavy atom. The summed E-state index contributed by atoms with van der Waals surface area (Å²) in [5.41, 5.74) is 1.54. The molecule has 1 amide bonds. The summed E-state index contributed by atoms with van der Waals surface area (Å²) >= 11 is 6.26. The SMILES string of the molecule is COc1ccc(CN(Cc2ccccc2Cl)S(=O)(=O)c2ccc(NC(C)=O)cc2)cc1F. The second kappa shape index (κ2) is 10.1. The van der Waals surface area contributed by atoms with Crippen LogP contribution in [0.3, 0.4) is 0 Å². The Hall–Kier alpha value is -2.94. The number of hydrogen-bond donors (Lipinski definition) is 1. The largest absolute Gasteiger partial charge is 0.494 e. The first-order valence-corrected chi connectivity index (χ1v) is 11.5. The number of anilines is 1. The molecule has 0 unspecified atom stereocenters. The third-order valence-electron chi connectivity index (χ3n) is 4.69. The zero-order valence-electron chi connectivity index (χ0n) is 17.5. The molecule has 0 heterocycles. The average Bonchev–Trinajstić information content (AvgIpc) is 2.75. The van der Waals surface area contributed by atoms with Gasteiger partial charge in [0.05, 0.1) is 12.0 Å². The number of nitrogens with zero attached hydrogens (tertiary/aromatic N) is 1. The lowest BCUT2D eigenvalue weighted by Gasteiger charge is -2.23. The Kier molecular flexibility index (Phi) is 7.50. The highest BCUT2D eigenvalue weighted by Gasteiger charge is 2.26. The summed E-state index contributed by atoms with van der Waals surface area (Å²) in [6.45, 7) is 1.27. The van der Waals surface area contributed by atoms with E-state index < -0.39 is 15.8 Å². The Morgan fingerprint density at radius 2 is 1.75 bits per heavy atom. The minimum Gasteiger partial charge on any atom is -0.494 e. The molecular weight excluding hydrogens is 455 g/mol. The Morgan fingerprint density at radius 3 is 2.34 bits per heavy atom. The van der Waals surface area contributed by atoms with Crippen molar-refractivity contribution < 1.29 is 22.3 Å². The zero-order chi connectivity index (χ0) is 23.3. The van der Waals surface area contributed by atoms with Crippen molar-refractivity contribution in [3.8, 4) is 5.75 Å². The van der Waals surface area contributed by atoms with E-state index in [4.69, 9.17) is 16.3 Å². The first-order valence-electron chi connectivity index (χ1n) is 9.64. The summed E-state index contributed by atoms with van der Waals surface area (Å²) in [6.07, 6.45) is 0. The van der Waals surface area contributed by atoms with Gasteiger partial charge in [-0.05, 0) is 53.6 Å². The molecule has 1 N–H and O–H groups in total. The number of methoxy groups -OCH3 is 1. The van der Waals surface area contributed by atoms with Crippen LogP contribution in [0.5, 0.6) is 5.75 Å². The Labute approximate surface area is 191 Å². The number of hydrogen-bond acceptors (Lipinski definition) is 4. The van der Waals surface area contributed by atoms with Gasteiger partial charge in [0.15, 0.2) is 11.6 Å². The second-order valence-electron chi connectivity index (χ2n) is 7.04. The summed E-state index contributed by atoms with van der Waals surface area (Å²) in [7, 11) is -2.62. The van der Waals surface area contributed by atoms with Crippen LogP contribution >= 0.6 is 11.6 Å². The highest BCUT2D eigenvalue weighted by molar-refractivity contribution is 7.89. The van der Waals surface area contributed by atoms with E-state index in [1.165, 1.54) is 54.7 Å². The van der Waals surface area contributed by atoms with Crippen LogP contribution in [0.4, 0.5) is 10.1 Å². The zero-order valence-corrected chi connectivity index (χ0v) is 19.1. The molecule has 0 radical (unpaired) electrons. The summed E-state index contributed by atoms with van der Waals surface area (Å²) < 4.78 is 47.3. The number of benzene rings is 3. The lowest BCUT2D eigenvalue weighted by atomic mass is 10.2. The van der Waals surface area contributed by atoms with Crippen molar-refractivity contribution in [2.45, 2.75) is 24.9 Å². The minimum absolute atomic E-state index is 0.0108. The molecule has 0 bridgehead atoms. The quantitative estimate of drug-likeness (QED) is 0.505. The van der Waals surface area contributed by atoms with Crippen molar-refractivity contribution in [3.05, 3.63) is 88.7 Å². The van der Waals surface area contributed by atoms with Gasteiger partial charge in [0.2, 0.25) is 15.9 Å². The highest BCUT2D eigenvalue weighted by Crippen LogP contribution is 2.26. The van der Waals surface area contributed by atoms with Gasteiger partial charge >= 0.3 is 0 Å². The monoisotopic (exact) mass is 476 g/mol. The van der Waals surface area contributed by atoms with Gasteiger partial charge in [0.1, 0.15) is 0 Å². The summed E-state index contributed by atoms with van der Waals surface area (Å²) in [5, 5.41) is 3.02. The molecular formula is C23H22ClFN2O4S. The molecule has 0 aliphatic rings. The number of rotatable bonds is 8. The fourth-order valence-corrected chi connectivity index (χ4v) is 4.72. The normalized spacial score (nSPS) is 11.4. The van der Waals surface area contributed by atoms with Gasteiger partial charge in [-0.25, -0.2) is 12.8 Å². The van der Waals surface area contributed by atoms with Gasteiger partial charge in [-0.2, -0.15) is 4.31 Å². The number of carbonyl (C=O) groups excluding carboxylic acids is 1. The van der Waals surface area contributed by atoms with Gasteiger partial charge in [-0.3, -0.25) is 4.79 Å². The first kappa shape index (κ1) is 23.7. The van der Waals surface area contributed by atoms with E-state index in [0.717, 1.165) is 0 Å². The van der Waals surface area contributed by atoms with E-state index >= 15 is 0 Å². The van der Waals surface area contributed by atoms with Crippen molar-refractivity contribution in [1.82, 2.24) is 4.31 Å². The van der Waals surface area contributed by atoms with Crippen molar-refractivity contribution in [2.75, 3.05) is 12.4 Å². The van der Waals surface area contributed by atoms with Crippen LogP contribution in [-0.2, 0) is 27.9 Å². The molecule has 0 spiro atoms. The van der Waals surface area contributed by atoms with Crippen molar-refractivity contribution in [2.24, 2.45) is 0 Å². The Bertz CT molecular complexity index is 1220. The van der Waals surface area contributed by atoms with Crippen LogP contribution < -0.4 is 10.1 Å². The molecule has 0 aliphatic heterocycles. The number of carbonyl (C=O) groups is 1. The van der Waals surface area contributed by atoms with Gasteiger partial charge < -0.3 is 10.1 Å². The molecule has 0 aliphatic carbocycles. The van der Waals surface area contributed by atoms with Crippen LogP contribution in [0.25, 0.3) is 0 Å². The predicted octanol–water partition coefficient (Wildman–Crippen LogP) is 4.84. The predicted molar refractivity (Wildman–Crippen MR) is 122 cm³/mol. The minimum atomic E-state index is -3.98. The third-order valence-corrected chi connectivity index (χ3v) is 6.87. The summed E-state index contributed by atoms with van der Waals surface area (Å²) in [4.78, 5) is 11.3. The van der Waals surface area contributed by atoms with E-state index in [-0.39, 0.29) is 29.6 Å². The van der Waals surface area contributed by atoms with E-state index in [1.54, 1.807) is 30.3 Å². The topological polar surface area (TPSA) is 75.7 Å². The number of ether oxygens (including phenoxy) is 1. The second-order valence-corrected chi connectivity index (χ2v) is 9.38. The number of nitrogens with one attached hydrogen (secondary N) is 1. The molecule has 3 aromatic carbocycles. The van der Waals surface area contributed by atoms with E-state index in [9.17, 15) is 17.6 Å². The Balaban J connectivity index is 1.97. The van der Waals surface area contributed by atoms with E-state index in [0.29, 0.717) is 21.8 Å². The fraction of sp³-hybridized carbons (Fsp3) is 0.174. The van der Waals surface area contributed by atoms with Crippen LogP contribution in [-0.4, -0.2) is 25.7 Å². The fourth-order valence-electron chi connectivity index (χ4n) is 3.12. The lowest BCUT2D eigenvalue weighted by molar-refractivity contribution is -0.114. The lowest BCUT2D eigenvalue weighted by Crippen LogP contribution is -2.30. The molecule has 0 saturated heterocycles. The number of sulfonamides is 1. The van der Waals surface area contributed by atoms with Crippen molar-refractivity contribution >= 4 is 33.2 Å². The molecule has 3 aromatic rings. The van der Waals surface area contributed by atoms with Crippen LogP contribution in [0.1, 0.15) is 18.1 Å². The molecule has 0 aromatic heterocycles. The van der Waals surface area contributed by atoms with Crippen molar-refractivity contribution in [1.29, 1.82) is 0 Å². The third kappa shape index (κ3) is 5.64. The maximum absolute atomic E-state index is 14.2.